The molecule has 0 fully saturated rings. The summed E-state index contributed by atoms with van der Waals surface area (Å²) < 4.78 is 8.85. The zero-order valence-electron chi connectivity index (χ0n) is 4.49. The third-order valence-corrected chi connectivity index (χ3v) is 0.112. The Balaban J connectivity index is -0.0000000720. The van der Waals surface area contributed by atoms with E-state index in [-0.39, 0.29) is 41.6 Å². The van der Waals surface area contributed by atoms with Crippen molar-refractivity contribution in [3.63, 3.8) is 0 Å². The Hall–Kier alpha value is 0.0700. The molecule has 0 spiro atoms. The number of nitrogens with zero attached hydrogens (tertiary/aromatic N) is 1. The molecule has 0 aliphatic rings. The molecule has 0 radical (unpaired) electrons. The predicted molar refractivity (Wildman–Crippen MR) is 19.4 cm³/mol. The van der Waals surface area contributed by atoms with Gasteiger partial charge in [-0.15, -0.1) is 12.0 Å². The Morgan fingerprint density at radius 1 is 1.56 bits per heavy atom. The van der Waals surface area contributed by atoms with Gasteiger partial charge in [-0.2, -0.15) is 5.26 Å². The van der Waals surface area contributed by atoms with E-state index < -0.39 is 6.16 Å². The third-order valence-electron chi connectivity index (χ3n) is 0.0373. The van der Waals surface area contributed by atoms with Crippen LogP contribution in [0.15, 0.2) is 0 Å². The number of thiocyanates is 1. The quantitative estimate of drug-likeness (QED) is 0.197. The van der Waals surface area contributed by atoms with E-state index in [1.807, 2.05) is 0 Å². The summed E-state index contributed by atoms with van der Waals surface area (Å²) in [6.07, 6.45) is -2.33. The van der Waals surface area contributed by atoms with Gasteiger partial charge in [0.25, 0.3) is 0 Å². The molecule has 0 amide bonds. The van der Waals surface area contributed by atoms with Crippen molar-refractivity contribution >= 4 is 18.2 Å². The Morgan fingerprint density at radius 2 is 1.67 bits per heavy atom. The van der Waals surface area contributed by atoms with Crippen LogP contribution in [0.25, 0.3) is 0 Å². The van der Waals surface area contributed by atoms with Crippen LogP contribution in [0.1, 0.15) is 0 Å². The standard InChI is InChI=1S/CHNOS.CH2O3.Na/c2-1-4-3;2-1(3)4;/h3H;(H2,2,3,4);/q;;+1/p-3. The first kappa shape index (κ1) is 16.0. The molecule has 0 aliphatic heterocycles. The van der Waals surface area contributed by atoms with E-state index in [0.717, 1.165) is 0 Å². The normalized spacial score (nSPS) is 4.89. The molecular formula is C2NNaO4S-2. The van der Waals surface area contributed by atoms with Gasteiger partial charge in [-0.05, 0) is 6.16 Å². The summed E-state index contributed by atoms with van der Waals surface area (Å²) >= 11 is -0.0880. The zero-order chi connectivity index (χ0) is 6.99. The molecule has 0 atom stereocenters. The van der Waals surface area contributed by atoms with Gasteiger partial charge >= 0.3 is 29.6 Å². The fourth-order valence-corrected chi connectivity index (χ4v) is 0. The van der Waals surface area contributed by atoms with Crippen LogP contribution in [0.2, 0.25) is 0 Å². The smallest absolute Gasteiger partial charge is 0.787 e. The Kier molecular flexibility index (Phi) is 28.0. The number of rotatable bonds is 0. The predicted octanol–water partition coefficient (Wildman–Crippen LogP) is -5.11. The molecule has 9 heavy (non-hydrogen) atoms. The van der Waals surface area contributed by atoms with Gasteiger partial charge in [-0.3, -0.25) is 0 Å². The SMILES string of the molecule is N#CS[O-].O=C([O-])[O-].[Na+]. The van der Waals surface area contributed by atoms with Crippen molar-refractivity contribution in [1.29, 1.82) is 5.26 Å². The molecule has 0 heterocycles. The average molecular weight is 157 g/mol. The third kappa shape index (κ3) is 260. The molecule has 0 aromatic rings. The number of hydrogen-bond donors (Lipinski definition) is 0. The van der Waals surface area contributed by atoms with E-state index in [2.05, 4.69) is 0 Å². The van der Waals surface area contributed by atoms with Gasteiger partial charge in [0, 0.05) is 0 Å². The van der Waals surface area contributed by atoms with Gasteiger partial charge < -0.3 is 19.6 Å². The molecular weight excluding hydrogens is 157 g/mol. The van der Waals surface area contributed by atoms with Crippen LogP contribution in [-0.4, -0.2) is 10.7 Å². The number of hydrogen-bond acceptors (Lipinski definition) is 6. The summed E-state index contributed by atoms with van der Waals surface area (Å²) in [7, 11) is 0. The summed E-state index contributed by atoms with van der Waals surface area (Å²) in [4.78, 5) is 8.33. The second-order valence-electron chi connectivity index (χ2n) is 0.425. The Morgan fingerprint density at radius 3 is 1.67 bits per heavy atom. The zero-order valence-corrected chi connectivity index (χ0v) is 7.30. The largest absolute Gasteiger partial charge is 1.00 e. The van der Waals surface area contributed by atoms with Gasteiger partial charge in [0.05, 0.1) is 0 Å². The molecule has 0 bridgehead atoms. The van der Waals surface area contributed by atoms with Crippen molar-refractivity contribution in [3.8, 4) is 5.40 Å². The van der Waals surface area contributed by atoms with Crippen molar-refractivity contribution in [2.75, 3.05) is 0 Å². The molecule has 0 aromatic heterocycles. The number of carbonyl (C=O) groups is 1. The number of nitriles is 1. The van der Waals surface area contributed by atoms with E-state index in [1.54, 1.807) is 0 Å². The van der Waals surface area contributed by atoms with Crippen molar-refractivity contribution in [2.45, 2.75) is 0 Å². The second-order valence-corrected chi connectivity index (χ2v) is 0.774. The van der Waals surface area contributed by atoms with E-state index in [0.29, 0.717) is 0 Å². The fourth-order valence-electron chi connectivity index (χ4n) is 0. The van der Waals surface area contributed by atoms with E-state index in [1.165, 1.54) is 5.40 Å². The summed E-state index contributed by atoms with van der Waals surface area (Å²) in [5, 5.41) is 25.2. The van der Waals surface area contributed by atoms with Crippen LogP contribution in [0.5, 0.6) is 0 Å². The van der Waals surface area contributed by atoms with Crippen molar-refractivity contribution in [1.82, 2.24) is 0 Å². The maximum absolute atomic E-state index is 8.85. The van der Waals surface area contributed by atoms with Crippen molar-refractivity contribution in [2.24, 2.45) is 0 Å². The maximum atomic E-state index is 8.85. The van der Waals surface area contributed by atoms with E-state index in [4.69, 9.17) is 24.8 Å². The topological polar surface area (TPSA) is 110 Å². The minimum atomic E-state index is -2.33. The van der Waals surface area contributed by atoms with Gasteiger partial charge in [-0.25, -0.2) is 0 Å². The maximum Gasteiger partial charge on any atom is 1.00 e. The molecule has 0 aliphatic carbocycles. The first-order chi connectivity index (χ1) is 3.65. The van der Waals surface area contributed by atoms with E-state index in [9.17, 15) is 0 Å². The molecule has 0 N–H and O–H groups in total. The average Bonchev–Trinajstić information content (AvgIpc) is 1.65. The van der Waals surface area contributed by atoms with Crippen molar-refractivity contribution < 1.29 is 49.1 Å². The summed E-state index contributed by atoms with van der Waals surface area (Å²) in [6.45, 7) is 0. The van der Waals surface area contributed by atoms with Gasteiger partial charge in [0.2, 0.25) is 0 Å². The van der Waals surface area contributed by atoms with Crippen LogP contribution in [0, 0.1) is 10.7 Å². The minimum absolute atomic E-state index is 0. The molecule has 0 saturated heterocycles. The van der Waals surface area contributed by atoms with Gasteiger partial charge in [-0.1, -0.05) is 0 Å². The second kappa shape index (κ2) is 15.7. The molecule has 0 aromatic carbocycles. The molecule has 7 heteroatoms. The van der Waals surface area contributed by atoms with Crippen LogP contribution in [-0.2, 0) is 0 Å². The van der Waals surface area contributed by atoms with Gasteiger partial charge in [0.15, 0.2) is 0 Å². The molecule has 0 rings (SSSR count). The summed E-state index contributed by atoms with van der Waals surface area (Å²) in [5.41, 5.74) is 0. The molecule has 0 saturated carbocycles. The first-order valence-electron chi connectivity index (χ1n) is 1.21. The number of carbonyl (C=O) groups excluding carboxylic acids is 1. The van der Waals surface area contributed by atoms with Crippen molar-refractivity contribution in [3.05, 3.63) is 0 Å². The summed E-state index contributed by atoms with van der Waals surface area (Å²) in [6, 6.07) is 0. The Bertz CT molecular complexity index is 97.2. The van der Waals surface area contributed by atoms with Crippen LogP contribution in [0.3, 0.4) is 0 Å². The fraction of sp³-hybridized carbons (Fsp3) is 0. The monoisotopic (exact) mass is 157 g/mol. The Labute approximate surface area is 77.8 Å². The van der Waals surface area contributed by atoms with E-state index >= 15 is 0 Å². The molecule has 5 nitrogen and oxygen atoms in total. The van der Waals surface area contributed by atoms with Crippen LogP contribution < -0.4 is 39.8 Å². The van der Waals surface area contributed by atoms with Crippen LogP contribution >= 0.6 is 12.0 Å². The number of carboxylic acid groups (broad SMARTS) is 2. The first-order valence-corrected chi connectivity index (χ1v) is 1.95. The molecule has 0 unspecified atom stereocenters. The van der Waals surface area contributed by atoms with Gasteiger partial charge in [0.1, 0.15) is 5.40 Å². The summed E-state index contributed by atoms with van der Waals surface area (Å²) in [5.74, 6) is 0. The minimum Gasteiger partial charge on any atom is -0.787 e. The molecule has 46 valence electrons. The van der Waals surface area contributed by atoms with Crippen LogP contribution in [0.4, 0.5) is 4.79 Å².